The van der Waals surface area contributed by atoms with E-state index in [1.54, 1.807) is 17.0 Å². The molecule has 6 rings (SSSR count). The van der Waals surface area contributed by atoms with Gasteiger partial charge in [-0.05, 0) is 47.9 Å². The SMILES string of the molecule is O=C(Nc1ccccc1)C(=O)N1CCc2c([nH]c3ccccc23)[C@H]1c1ccc2c(c1)OCO2. The molecule has 0 bridgehead atoms. The van der Waals surface area contributed by atoms with Crippen LogP contribution in [0, 0.1) is 0 Å². The first-order chi connectivity index (χ1) is 16.2. The molecule has 1 atom stereocenters. The third-order valence-electron chi connectivity index (χ3n) is 6.23. The van der Waals surface area contributed by atoms with Gasteiger partial charge in [0.1, 0.15) is 0 Å². The van der Waals surface area contributed by atoms with Crippen LogP contribution in [0.3, 0.4) is 0 Å². The lowest BCUT2D eigenvalue weighted by molar-refractivity contribution is -0.144. The molecule has 2 aliphatic rings. The maximum Gasteiger partial charge on any atom is 0.313 e. The van der Waals surface area contributed by atoms with E-state index in [2.05, 4.69) is 16.4 Å². The Labute approximate surface area is 189 Å². The Morgan fingerprint density at radius 1 is 0.939 bits per heavy atom. The van der Waals surface area contributed by atoms with E-state index in [0.29, 0.717) is 30.2 Å². The van der Waals surface area contributed by atoms with Gasteiger partial charge in [0.15, 0.2) is 11.5 Å². The standard InChI is InChI=1S/C26H21N3O4/c30-25(27-17-6-2-1-3-7-17)26(31)29-13-12-19-18-8-4-5-9-20(18)28-23(19)24(29)16-10-11-21-22(14-16)33-15-32-21/h1-11,14,24,28H,12-13,15H2,(H,27,30)/t24-/m1/s1. The van der Waals surface area contributed by atoms with Crippen LogP contribution in [0.25, 0.3) is 10.9 Å². The number of hydrogen-bond donors (Lipinski definition) is 2. The number of nitrogens with zero attached hydrogens (tertiary/aromatic N) is 1. The summed E-state index contributed by atoms with van der Waals surface area (Å²) in [6.45, 7) is 0.595. The second-order valence-electron chi connectivity index (χ2n) is 8.15. The second kappa shape index (κ2) is 7.70. The van der Waals surface area contributed by atoms with Crippen LogP contribution in [0.2, 0.25) is 0 Å². The molecule has 0 radical (unpaired) electrons. The van der Waals surface area contributed by atoms with Crippen LogP contribution in [0.4, 0.5) is 5.69 Å². The quantitative estimate of drug-likeness (QED) is 0.463. The van der Waals surface area contributed by atoms with Gasteiger partial charge in [0.05, 0.1) is 6.04 Å². The van der Waals surface area contributed by atoms with Crippen molar-refractivity contribution in [2.75, 3.05) is 18.7 Å². The monoisotopic (exact) mass is 439 g/mol. The van der Waals surface area contributed by atoms with Gasteiger partial charge < -0.3 is 24.7 Å². The maximum absolute atomic E-state index is 13.4. The Hall–Kier alpha value is -4.26. The molecule has 0 aliphatic carbocycles. The third-order valence-corrected chi connectivity index (χ3v) is 6.23. The van der Waals surface area contributed by atoms with Gasteiger partial charge in [-0.3, -0.25) is 9.59 Å². The lowest BCUT2D eigenvalue weighted by atomic mass is 9.92. The third kappa shape index (κ3) is 3.29. The fourth-order valence-corrected chi connectivity index (χ4v) is 4.73. The molecular weight excluding hydrogens is 418 g/mol. The van der Waals surface area contributed by atoms with Gasteiger partial charge in [0.25, 0.3) is 0 Å². The zero-order valence-electron chi connectivity index (χ0n) is 17.7. The van der Waals surface area contributed by atoms with Crippen molar-refractivity contribution in [3.05, 3.63) is 89.6 Å². The summed E-state index contributed by atoms with van der Waals surface area (Å²) in [6.07, 6.45) is 0.657. The fourth-order valence-electron chi connectivity index (χ4n) is 4.73. The number of fused-ring (bicyclic) bond motifs is 4. The number of rotatable bonds is 2. The van der Waals surface area contributed by atoms with E-state index in [9.17, 15) is 9.59 Å². The van der Waals surface area contributed by atoms with Crippen LogP contribution in [0.1, 0.15) is 22.9 Å². The summed E-state index contributed by atoms with van der Waals surface area (Å²) >= 11 is 0. The number of nitrogens with one attached hydrogen (secondary N) is 2. The van der Waals surface area contributed by atoms with E-state index in [0.717, 1.165) is 22.2 Å². The van der Waals surface area contributed by atoms with Gasteiger partial charge in [-0.25, -0.2) is 0 Å². The average Bonchev–Trinajstić information content (AvgIpc) is 3.47. The second-order valence-corrected chi connectivity index (χ2v) is 8.15. The Morgan fingerprint density at radius 3 is 2.61 bits per heavy atom. The summed E-state index contributed by atoms with van der Waals surface area (Å²) in [7, 11) is 0. The van der Waals surface area contributed by atoms with Gasteiger partial charge >= 0.3 is 11.8 Å². The number of aromatic nitrogens is 1. The van der Waals surface area contributed by atoms with Crippen LogP contribution in [0.15, 0.2) is 72.8 Å². The van der Waals surface area contributed by atoms with E-state index < -0.39 is 17.9 Å². The van der Waals surface area contributed by atoms with E-state index in [4.69, 9.17) is 9.47 Å². The molecule has 4 aromatic rings. The summed E-state index contributed by atoms with van der Waals surface area (Å²) in [5.74, 6) is 0.0697. The summed E-state index contributed by atoms with van der Waals surface area (Å²) < 4.78 is 11.0. The highest BCUT2D eigenvalue weighted by Crippen LogP contribution is 2.42. The molecule has 2 N–H and O–H groups in total. The van der Waals surface area contributed by atoms with Crippen molar-refractivity contribution in [1.82, 2.24) is 9.88 Å². The van der Waals surface area contributed by atoms with Crippen LogP contribution in [0.5, 0.6) is 11.5 Å². The van der Waals surface area contributed by atoms with Gasteiger partial charge in [0, 0.05) is 28.8 Å². The first kappa shape index (κ1) is 19.4. The Bertz CT molecular complexity index is 1380. The number of aromatic amines is 1. The fraction of sp³-hybridized carbons (Fsp3) is 0.154. The van der Waals surface area contributed by atoms with Crippen molar-refractivity contribution in [3.8, 4) is 11.5 Å². The molecule has 33 heavy (non-hydrogen) atoms. The van der Waals surface area contributed by atoms with Crippen LogP contribution >= 0.6 is 0 Å². The number of ether oxygens (including phenoxy) is 2. The molecule has 2 aliphatic heterocycles. The summed E-state index contributed by atoms with van der Waals surface area (Å²) in [4.78, 5) is 31.4. The van der Waals surface area contributed by atoms with Crippen molar-refractivity contribution in [3.63, 3.8) is 0 Å². The molecule has 164 valence electrons. The summed E-state index contributed by atoms with van der Waals surface area (Å²) in [5, 5.41) is 3.86. The lowest BCUT2D eigenvalue weighted by Gasteiger charge is -2.35. The van der Waals surface area contributed by atoms with Crippen molar-refractivity contribution in [2.45, 2.75) is 12.5 Å². The summed E-state index contributed by atoms with van der Waals surface area (Å²) in [6, 6.07) is 22.3. The number of benzene rings is 3. The molecule has 1 aromatic heterocycles. The first-order valence-electron chi connectivity index (χ1n) is 10.8. The molecule has 3 aromatic carbocycles. The Kier molecular flexibility index (Phi) is 4.54. The van der Waals surface area contributed by atoms with Crippen LogP contribution in [-0.4, -0.2) is 35.0 Å². The van der Waals surface area contributed by atoms with Crippen LogP contribution < -0.4 is 14.8 Å². The zero-order valence-corrected chi connectivity index (χ0v) is 17.7. The Balaban J connectivity index is 1.42. The number of hydrogen-bond acceptors (Lipinski definition) is 4. The number of para-hydroxylation sites is 2. The molecule has 7 nitrogen and oxygen atoms in total. The zero-order chi connectivity index (χ0) is 22.4. The van der Waals surface area contributed by atoms with Crippen molar-refractivity contribution >= 4 is 28.4 Å². The minimum atomic E-state index is -0.661. The number of H-pyrrole nitrogens is 1. The Morgan fingerprint density at radius 2 is 1.73 bits per heavy atom. The number of anilines is 1. The topological polar surface area (TPSA) is 83.7 Å². The molecular formula is C26H21N3O4. The highest BCUT2D eigenvalue weighted by atomic mass is 16.7. The molecule has 0 spiro atoms. The van der Waals surface area contributed by atoms with Gasteiger partial charge in [-0.2, -0.15) is 0 Å². The highest BCUT2D eigenvalue weighted by Gasteiger charge is 2.37. The van der Waals surface area contributed by atoms with Gasteiger partial charge in [0.2, 0.25) is 6.79 Å². The minimum absolute atomic E-state index is 0.170. The molecule has 2 amide bonds. The predicted octanol–water partition coefficient (Wildman–Crippen LogP) is 4.01. The molecule has 0 unspecified atom stereocenters. The number of carbonyl (C=O) groups excluding carboxylic acids is 2. The van der Waals surface area contributed by atoms with E-state index in [1.165, 1.54) is 5.56 Å². The van der Waals surface area contributed by atoms with Gasteiger partial charge in [-0.1, -0.05) is 42.5 Å². The van der Waals surface area contributed by atoms with Crippen molar-refractivity contribution in [1.29, 1.82) is 0 Å². The minimum Gasteiger partial charge on any atom is -0.454 e. The highest BCUT2D eigenvalue weighted by molar-refractivity contribution is 6.39. The van der Waals surface area contributed by atoms with E-state index in [-0.39, 0.29) is 6.79 Å². The normalized spacial score (nSPS) is 16.5. The number of amides is 2. The van der Waals surface area contributed by atoms with E-state index in [1.807, 2.05) is 54.6 Å². The predicted molar refractivity (Wildman–Crippen MR) is 123 cm³/mol. The summed E-state index contributed by atoms with van der Waals surface area (Å²) in [5.41, 5.74) is 4.53. The largest absolute Gasteiger partial charge is 0.454 e. The lowest BCUT2D eigenvalue weighted by Crippen LogP contribution is -2.45. The average molecular weight is 439 g/mol. The van der Waals surface area contributed by atoms with Gasteiger partial charge in [-0.15, -0.1) is 0 Å². The first-order valence-corrected chi connectivity index (χ1v) is 10.8. The maximum atomic E-state index is 13.4. The van der Waals surface area contributed by atoms with E-state index >= 15 is 0 Å². The van der Waals surface area contributed by atoms with Crippen LogP contribution in [-0.2, 0) is 16.0 Å². The molecule has 3 heterocycles. The number of carbonyl (C=O) groups is 2. The van der Waals surface area contributed by atoms with Crippen molar-refractivity contribution < 1.29 is 19.1 Å². The molecule has 0 fully saturated rings. The molecule has 7 heteroatoms. The smallest absolute Gasteiger partial charge is 0.313 e. The molecule has 0 saturated heterocycles. The van der Waals surface area contributed by atoms with Crippen molar-refractivity contribution in [2.24, 2.45) is 0 Å². The molecule has 0 saturated carbocycles.